The van der Waals surface area contributed by atoms with Crippen molar-refractivity contribution in [3.05, 3.63) is 18.1 Å². The highest BCUT2D eigenvalue weighted by Crippen LogP contribution is 2.40. The van der Waals surface area contributed by atoms with Crippen LogP contribution in [0.15, 0.2) is 12.5 Å². The van der Waals surface area contributed by atoms with Gasteiger partial charge in [0.15, 0.2) is 6.23 Å². The monoisotopic (exact) mass is 333 g/mol. The van der Waals surface area contributed by atoms with Gasteiger partial charge in [-0.3, -0.25) is 0 Å². The minimum absolute atomic E-state index is 0.170. The fraction of sp³-hybridized carbons (Fsp3) is 0.467. The molecule has 7 N–H and O–H groups in total. The Hall–Kier alpha value is -2.22. The summed E-state index contributed by atoms with van der Waals surface area (Å²) in [5.41, 5.74) is 10.6. The average molecular weight is 333 g/mol. The van der Waals surface area contributed by atoms with Gasteiger partial charge in [0, 0.05) is 6.20 Å². The van der Waals surface area contributed by atoms with E-state index in [0.717, 1.165) is 0 Å². The lowest BCUT2D eigenvalue weighted by atomic mass is 9.96. The number of aliphatic hydroxyl groups is 3. The number of nitrogen functional groups attached to an aromatic ring is 1. The largest absolute Gasteiger partial charge is 0.394 e. The van der Waals surface area contributed by atoms with E-state index in [-0.39, 0.29) is 12.4 Å². The van der Waals surface area contributed by atoms with E-state index in [0.29, 0.717) is 16.6 Å². The van der Waals surface area contributed by atoms with E-state index < -0.39 is 30.6 Å². The molecular formula is C15H19N5O4. The number of hydrogen-bond donors (Lipinski definition) is 5. The second-order valence-electron chi connectivity index (χ2n) is 5.79. The van der Waals surface area contributed by atoms with Crippen molar-refractivity contribution in [3.8, 4) is 11.8 Å². The van der Waals surface area contributed by atoms with Gasteiger partial charge in [-0.05, 0) is 6.92 Å². The van der Waals surface area contributed by atoms with Crippen LogP contribution in [-0.4, -0.2) is 60.8 Å². The molecule has 1 aliphatic heterocycles. The number of aliphatic hydroxyl groups excluding tert-OH is 2. The fourth-order valence-electron chi connectivity index (χ4n) is 2.92. The van der Waals surface area contributed by atoms with Gasteiger partial charge in [-0.1, -0.05) is 11.8 Å². The highest BCUT2D eigenvalue weighted by molar-refractivity contribution is 5.92. The Morgan fingerprint density at radius 2 is 2.21 bits per heavy atom. The molecule has 2 aromatic heterocycles. The molecule has 9 heteroatoms. The van der Waals surface area contributed by atoms with Crippen LogP contribution in [0.4, 0.5) is 5.82 Å². The van der Waals surface area contributed by atoms with Gasteiger partial charge in [-0.2, -0.15) is 0 Å². The van der Waals surface area contributed by atoms with Crippen molar-refractivity contribution in [2.24, 2.45) is 5.73 Å². The SMILES string of the molecule is CC1(O)C(n2cc(C#CCN)c3c(N)ncnc32)OC(CO)[C@H]1O. The molecule has 0 aromatic carbocycles. The summed E-state index contributed by atoms with van der Waals surface area (Å²) < 4.78 is 7.16. The third-order valence-corrected chi connectivity index (χ3v) is 4.15. The second-order valence-corrected chi connectivity index (χ2v) is 5.79. The highest BCUT2D eigenvalue weighted by Gasteiger charge is 2.53. The Morgan fingerprint density at radius 1 is 1.46 bits per heavy atom. The molecule has 0 radical (unpaired) electrons. The standard InChI is InChI=1S/C15H19N5O4/c1-15(23)11(22)9(6-21)24-14(15)20-5-8(3-2-4-16)10-12(17)18-7-19-13(10)20/h5,7,9,11,14,21-23H,4,6,16H2,1H3,(H2,17,18,19)/t9?,11-,14?,15?/m1/s1. The van der Waals surface area contributed by atoms with Gasteiger partial charge in [0.25, 0.3) is 0 Å². The predicted molar refractivity (Wildman–Crippen MR) is 85.5 cm³/mol. The van der Waals surface area contributed by atoms with Crippen LogP contribution in [0.25, 0.3) is 11.0 Å². The minimum atomic E-state index is -1.64. The van der Waals surface area contributed by atoms with Crippen molar-refractivity contribution in [2.75, 3.05) is 18.9 Å². The van der Waals surface area contributed by atoms with Gasteiger partial charge in [0.1, 0.15) is 35.6 Å². The van der Waals surface area contributed by atoms with Crippen molar-refractivity contribution in [3.63, 3.8) is 0 Å². The number of hydrogen-bond acceptors (Lipinski definition) is 8. The molecule has 0 spiro atoms. The molecule has 3 heterocycles. The molecule has 24 heavy (non-hydrogen) atoms. The molecule has 4 atom stereocenters. The highest BCUT2D eigenvalue weighted by atomic mass is 16.6. The van der Waals surface area contributed by atoms with Crippen molar-refractivity contribution < 1.29 is 20.1 Å². The van der Waals surface area contributed by atoms with Crippen LogP contribution in [0.3, 0.4) is 0 Å². The summed E-state index contributed by atoms with van der Waals surface area (Å²) in [7, 11) is 0. The summed E-state index contributed by atoms with van der Waals surface area (Å²) in [5, 5.41) is 30.7. The quantitative estimate of drug-likeness (QED) is 0.409. The minimum Gasteiger partial charge on any atom is -0.394 e. The van der Waals surface area contributed by atoms with Gasteiger partial charge >= 0.3 is 0 Å². The van der Waals surface area contributed by atoms with Gasteiger partial charge < -0.3 is 36.1 Å². The first kappa shape index (κ1) is 16.6. The maximum absolute atomic E-state index is 10.7. The molecule has 0 saturated carbocycles. The maximum Gasteiger partial charge on any atom is 0.167 e. The summed E-state index contributed by atoms with van der Waals surface area (Å²) in [6, 6.07) is 0. The molecular weight excluding hydrogens is 314 g/mol. The molecule has 0 bridgehead atoms. The fourth-order valence-corrected chi connectivity index (χ4v) is 2.92. The molecule has 1 aliphatic rings. The number of aromatic nitrogens is 3. The second kappa shape index (κ2) is 6.01. The van der Waals surface area contributed by atoms with Gasteiger partial charge in [-0.15, -0.1) is 0 Å². The molecule has 1 saturated heterocycles. The lowest BCUT2D eigenvalue weighted by Crippen LogP contribution is -2.44. The number of rotatable bonds is 2. The first-order valence-corrected chi connectivity index (χ1v) is 7.38. The van der Waals surface area contributed by atoms with E-state index in [4.69, 9.17) is 16.2 Å². The van der Waals surface area contributed by atoms with E-state index in [2.05, 4.69) is 21.8 Å². The normalized spacial score (nSPS) is 29.6. The van der Waals surface area contributed by atoms with E-state index >= 15 is 0 Å². The Bertz CT molecular complexity index is 822. The zero-order valence-corrected chi connectivity index (χ0v) is 13.0. The van der Waals surface area contributed by atoms with Crippen molar-refractivity contribution in [2.45, 2.75) is 31.0 Å². The summed E-state index contributed by atoms with van der Waals surface area (Å²) in [6.07, 6.45) is -0.250. The lowest BCUT2D eigenvalue weighted by molar-refractivity contribution is -0.0948. The number of nitrogens with zero attached hydrogens (tertiary/aromatic N) is 3. The Morgan fingerprint density at radius 3 is 2.83 bits per heavy atom. The number of ether oxygens (including phenoxy) is 1. The van der Waals surface area contributed by atoms with Crippen LogP contribution in [0.1, 0.15) is 18.7 Å². The van der Waals surface area contributed by atoms with Crippen molar-refractivity contribution in [1.29, 1.82) is 0 Å². The van der Waals surface area contributed by atoms with Crippen LogP contribution in [0.5, 0.6) is 0 Å². The first-order valence-electron chi connectivity index (χ1n) is 7.38. The first-order chi connectivity index (χ1) is 11.4. The molecule has 3 unspecified atom stereocenters. The third-order valence-electron chi connectivity index (χ3n) is 4.15. The number of fused-ring (bicyclic) bond motifs is 1. The summed E-state index contributed by atoms with van der Waals surface area (Å²) in [5.74, 6) is 5.86. The molecule has 1 fully saturated rings. The van der Waals surface area contributed by atoms with Crippen LogP contribution in [0, 0.1) is 11.8 Å². The zero-order chi connectivity index (χ0) is 17.5. The molecule has 128 valence electrons. The lowest BCUT2D eigenvalue weighted by Gasteiger charge is -2.27. The molecule has 3 rings (SSSR count). The van der Waals surface area contributed by atoms with Crippen LogP contribution in [0.2, 0.25) is 0 Å². The molecule has 0 aliphatic carbocycles. The topological polar surface area (TPSA) is 153 Å². The van der Waals surface area contributed by atoms with Gasteiger partial charge in [-0.25, -0.2) is 9.97 Å². The number of nitrogens with two attached hydrogens (primary N) is 2. The maximum atomic E-state index is 10.7. The van der Waals surface area contributed by atoms with E-state index in [1.807, 2.05) is 0 Å². The van der Waals surface area contributed by atoms with Crippen molar-refractivity contribution >= 4 is 16.9 Å². The summed E-state index contributed by atoms with van der Waals surface area (Å²) in [4.78, 5) is 8.15. The zero-order valence-electron chi connectivity index (χ0n) is 13.0. The van der Waals surface area contributed by atoms with Crippen LogP contribution >= 0.6 is 0 Å². The summed E-state index contributed by atoms with van der Waals surface area (Å²) in [6.45, 7) is 1.17. The van der Waals surface area contributed by atoms with Crippen molar-refractivity contribution in [1.82, 2.24) is 14.5 Å². The smallest absolute Gasteiger partial charge is 0.167 e. The Kier molecular flexibility index (Phi) is 4.16. The van der Waals surface area contributed by atoms with Crippen LogP contribution < -0.4 is 11.5 Å². The summed E-state index contributed by atoms with van der Waals surface area (Å²) >= 11 is 0. The Labute approximate surface area is 137 Å². The molecule has 9 nitrogen and oxygen atoms in total. The molecule has 2 aromatic rings. The van der Waals surface area contributed by atoms with Gasteiger partial charge in [0.05, 0.1) is 24.1 Å². The third kappa shape index (κ3) is 2.41. The predicted octanol–water partition coefficient (Wildman–Crippen LogP) is -1.67. The van der Waals surface area contributed by atoms with E-state index in [1.165, 1.54) is 17.8 Å². The van der Waals surface area contributed by atoms with Crippen LogP contribution in [-0.2, 0) is 4.74 Å². The average Bonchev–Trinajstić information content (AvgIpc) is 3.02. The van der Waals surface area contributed by atoms with E-state index in [9.17, 15) is 15.3 Å². The van der Waals surface area contributed by atoms with Gasteiger partial charge in [0.2, 0.25) is 0 Å². The van der Waals surface area contributed by atoms with E-state index in [1.54, 1.807) is 6.20 Å². The molecule has 0 amide bonds. The number of anilines is 1. The Balaban J connectivity index is 2.19.